The van der Waals surface area contributed by atoms with Gasteiger partial charge in [-0.1, -0.05) is 19.8 Å². The Morgan fingerprint density at radius 3 is 2.50 bits per heavy atom. The smallest absolute Gasteiger partial charge is 0.384 e. The van der Waals surface area contributed by atoms with Crippen LogP contribution < -0.4 is 0 Å². The molecule has 0 heterocycles. The van der Waals surface area contributed by atoms with E-state index in [9.17, 15) is 9.90 Å². The fourth-order valence-corrected chi connectivity index (χ4v) is 7.67. The Hall–Kier alpha value is -1.01. The molecule has 26 heavy (non-hydrogen) atoms. The van der Waals surface area contributed by atoms with Crippen molar-refractivity contribution in [3.63, 3.8) is 0 Å². The summed E-state index contributed by atoms with van der Waals surface area (Å²) < 4.78 is 4.71. The molecular weight excluding hydrogens is 324 g/mol. The second kappa shape index (κ2) is 6.55. The van der Waals surface area contributed by atoms with Gasteiger partial charge in [0.25, 0.3) is 0 Å². The van der Waals surface area contributed by atoms with Crippen LogP contribution in [0.5, 0.6) is 0 Å². The van der Waals surface area contributed by atoms with Gasteiger partial charge in [0.05, 0.1) is 13.2 Å². The van der Waals surface area contributed by atoms with Crippen LogP contribution in [0.15, 0.2) is 0 Å². The summed E-state index contributed by atoms with van der Waals surface area (Å²) in [6.07, 6.45) is 10.7. The Bertz CT molecular complexity index is 631. The minimum absolute atomic E-state index is 0.0667. The fourth-order valence-electron chi connectivity index (χ4n) is 7.67. The molecule has 144 valence electrons. The van der Waals surface area contributed by atoms with Crippen molar-refractivity contribution >= 4 is 5.97 Å². The van der Waals surface area contributed by atoms with E-state index in [1.54, 1.807) is 0 Å². The van der Waals surface area contributed by atoms with Gasteiger partial charge in [0.1, 0.15) is 0 Å². The third-order valence-electron chi connectivity index (χ3n) is 9.17. The van der Waals surface area contributed by atoms with Crippen LogP contribution in [0.25, 0.3) is 0 Å². The number of hydrogen-bond acceptors (Lipinski definition) is 3. The summed E-state index contributed by atoms with van der Waals surface area (Å²) in [6, 6.07) is 0. The number of fused-ring (bicyclic) bond motifs is 5. The molecule has 0 aromatic heterocycles. The maximum Gasteiger partial charge on any atom is 0.384 e. The Balaban J connectivity index is 1.56. The van der Waals surface area contributed by atoms with Crippen LogP contribution in [-0.2, 0) is 9.53 Å². The van der Waals surface area contributed by atoms with E-state index in [1.165, 1.54) is 45.6 Å². The highest BCUT2D eigenvalue weighted by atomic mass is 16.5. The van der Waals surface area contributed by atoms with Crippen molar-refractivity contribution in [3.8, 4) is 11.8 Å². The predicted octanol–water partition coefficient (Wildman–Crippen LogP) is 4.18. The van der Waals surface area contributed by atoms with Gasteiger partial charge in [0.2, 0.25) is 0 Å². The summed E-state index contributed by atoms with van der Waals surface area (Å²) in [7, 11) is 1.40. The van der Waals surface area contributed by atoms with E-state index >= 15 is 0 Å². The summed E-state index contributed by atoms with van der Waals surface area (Å²) >= 11 is 0. The number of aliphatic hydroxyl groups is 1. The molecule has 4 fully saturated rings. The third-order valence-corrected chi connectivity index (χ3v) is 9.17. The van der Waals surface area contributed by atoms with Crippen LogP contribution in [0.4, 0.5) is 0 Å². The van der Waals surface area contributed by atoms with E-state index in [4.69, 9.17) is 4.74 Å². The quantitative estimate of drug-likeness (QED) is 0.401. The van der Waals surface area contributed by atoms with Gasteiger partial charge in [0, 0.05) is 11.8 Å². The average Bonchev–Trinajstić information content (AvgIpc) is 2.96. The first kappa shape index (κ1) is 18.4. The number of esters is 1. The van der Waals surface area contributed by atoms with Crippen molar-refractivity contribution in [2.45, 2.75) is 77.7 Å². The number of aliphatic hydroxyl groups excluding tert-OH is 1. The second-order valence-electron chi connectivity index (χ2n) is 10.0. The molecule has 1 N–H and O–H groups in total. The van der Waals surface area contributed by atoms with Crippen LogP contribution in [0, 0.1) is 52.3 Å². The summed E-state index contributed by atoms with van der Waals surface area (Å²) in [4.78, 5) is 11.5. The number of carbonyl (C=O) groups is 1. The van der Waals surface area contributed by atoms with Crippen molar-refractivity contribution in [3.05, 3.63) is 0 Å². The standard InChI is InChI=1S/C23H34O3/c1-22-13-11-20-18(7-4-16-14-17(24)10-12-23(16,20)2)19(22)8-5-15(22)6-9-21(25)26-3/h15-20,24H,4-5,7-8,10-14H2,1-3H3/t15-,16+,17+,18+,19+,20+,22-,23+/m1/s1. The lowest BCUT2D eigenvalue weighted by atomic mass is 9.44. The Morgan fingerprint density at radius 1 is 1.00 bits per heavy atom. The van der Waals surface area contributed by atoms with E-state index in [1.807, 2.05) is 0 Å². The number of methoxy groups -OCH3 is 1. The van der Waals surface area contributed by atoms with Gasteiger partial charge >= 0.3 is 5.97 Å². The van der Waals surface area contributed by atoms with Gasteiger partial charge in [0.15, 0.2) is 0 Å². The van der Waals surface area contributed by atoms with E-state index < -0.39 is 5.97 Å². The number of rotatable bonds is 0. The summed E-state index contributed by atoms with van der Waals surface area (Å²) in [6.45, 7) is 4.98. The highest BCUT2D eigenvalue weighted by Crippen LogP contribution is 2.67. The van der Waals surface area contributed by atoms with Gasteiger partial charge < -0.3 is 9.84 Å². The molecule has 0 amide bonds. The molecule has 4 rings (SSSR count). The lowest BCUT2D eigenvalue weighted by molar-refractivity contribution is -0.133. The maximum absolute atomic E-state index is 11.5. The number of hydrogen-bond donors (Lipinski definition) is 1. The molecule has 0 spiro atoms. The molecule has 0 aromatic rings. The van der Waals surface area contributed by atoms with E-state index in [0.29, 0.717) is 17.3 Å². The second-order valence-corrected chi connectivity index (χ2v) is 10.0. The van der Waals surface area contributed by atoms with Crippen molar-refractivity contribution in [1.29, 1.82) is 0 Å². The first-order chi connectivity index (χ1) is 12.4. The zero-order chi connectivity index (χ0) is 18.5. The van der Waals surface area contributed by atoms with Gasteiger partial charge in [-0.05, 0) is 92.3 Å². The monoisotopic (exact) mass is 358 g/mol. The number of carbonyl (C=O) groups excluding carboxylic acids is 1. The topological polar surface area (TPSA) is 46.5 Å². The lowest BCUT2D eigenvalue weighted by Crippen LogP contribution is -2.53. The van der Waals surface area contributed by atoms with Gasteiger partial charge in [-0.15, -0.1) is 0 Å². The largest absolute Gasteiger partial charge is 0.459 e. The van der Waals surface area contributed by atoms with E-state index in [0.717, 1.165) is 37.0 Å². The molecule has 0 radical (unpaired) electrons. The predicted molar refractivity (Wildman–Crippen MR) is 101 cm³/mol. The van der Waals surface area contributed by atoms with Crippen LogP contribution in [-0.4, -0.2) is 24.3 Å². The molecular formula is C23H34O3. The Labute approximate surface area is 158 Å². The molecule has 0 saturated heterocycles. The van der Waals surface area contributed by atoms with Crippen molar-refractivity contribution in [2.24, 2.45) is 40.4 Å². The molecule has 4 aliphatic rings. The molecule has 0 aromatic carbocycles. The first-order valence-electron chi connectivity index (χ1n) is 10.7. The molecule has 4 saturated carbocycles. The summed E-state index contributed by atoms with van der Waals surface area (Å²) in [5.41, 5.74) is 0.693. The van der Waals surface area contributed by atoms with Crippen LogP contribution in [0.1, 0.15) is 71.6 Å². The summed E-state index contributed by atoms with van der Waals surface area (Å²) in [5, 5.41) is 10.2. The SMILES string of the molecule is COC(=O)C#C[C@H]1CC[C@H]2[C@@H]3CC[C@H]4C[C@@H](O)CC[C@]4(C)[C@H]3CC[C@]12C. The molecule has 3 nitrogen and oxygen atoms in total. The van der Waals surface area contributed by atoms with Crippen LogP contribution >= 0.6 is 0 Å². The van der Waals surface area contributed by atoms with Crippen LogP contribution in [0.3, 0.4) is 0 Å². The van der Waals surface area contributed by atoms with E-state index in [2.05, 4.69) is 25.7 Å². The van der Waals surface area contributed by atoms with Gasteiger partial charge in [-0.3, -0.25) is 0 Å². The van der Waals surface area contributed by atoms with Gasteiger partial charge in [-0.25, -0.2) is 4.79 Å². The Kier molecular flexibility index (Phi) is 4.63. The normalized spacial score (nSPS) is 49.8. The first-order valence-corrected chi connectivity index (χ1v) is 10.7. The van der Waals surface area contributed by atoms with Crippen molar-refractivity contribution in [2.75, 3.05) is 7.11 Å². The molecule has 3 heteroatoms. The number of ether oxygens (including phenoxy) is 1. The third kappa shape index (κ3) is 2.71. The zero-order valence-corrected chi connectivity index (χ0v) is 16.6. The molecule has 0 unspecified atom stereocenters. The van der Waals surface area contributed by atoms with E-state index in [-0.39, 0.29) is 11.5 Å². The highest BCUT2D eigenvalue weighted by molar-refractivity contribution is 5.88. The molecule has 0 bridgehead atoms. The summed E-state index contributed by atoms with van der Waals surface area (Å²) in [5.74, 6) is 9.04. The maximum atomic E-state index is 11.5. The van der Waals surface area contributed by atoms with Crippen molar-refractivity contribution < 1.29 is 14.6 Å². The zero-order valence-electron chi connectivity index (χ0n) is 16.6. The minimum atomic E-state index is -0.403. The molecule has 4 aliphatic carbocycles. The average molecular weight is 359 g/mol. The van der Waals surface area contributed by atoms with Gasteiger partial charge in [-0.2, -0.15) is 0 Å². The van der Waals surface area contributed by atoms with Crippen LogP contribution in [0.2, 0.25) is 0 Å². The Morgan fingerprint density at radius 2 is 1.73 bits per heavy atom. The molecule has 8 atom stereocenters. The van der Waals surface area contributed by atoms with Crippen molar-refractivity contribution in [1.82, 2.24) is 0 Å². The minimum Gasteiger partial charge on any atom is -0.459 e. The lowest BCUT2D eigenvalue weighted by Gasteiger charge is -2.60. The fraction of sp³-hybridized carbons (Fsp3) is 0.870. The molecule has 0 aliphatic heterocycles. The highest BCUT2D eigenvalue weighted by Gasteiger charge is 2.59.